The van der Waals surface area contributed by atoms with Crippen molar-refractivity contribution in [3.05, 3.63) is 0 Å². The molecule has 0 aromatic heterocycles. The Labute approximate surface area is 213 Å². The highest BCUT2D eigenvalue weighted by Gasteiger charge is 2.66. The minimum absolute atomic E-state index is 0.368. The van der Waals surface area contributed by atoms with Crippen LogP contribution in [0, 0.1) is 23.2 Å². The molecule has 0 spiro atoms. The molecule has 0 aliphatic carbocycles. The van der Waals surface area contributed by atoms with Crippen molar-refractivity contribution in [3.8, 4) is 0 Å². The van der Waals surface area contributed by atoms with Crippen molar-refractivity contribution in [1.29, 1.82) is 0 Å². The normalized spacial score (nSPS) is 17.3. The quantitative estimate of drug-likeness (QED) is 0.113. The van der Waals surface area contributed by atoms with Gasteiger partial charge in [0.1, 0.15) is 5.41 Å². The fourth-order valence-electron chi connectivity index (χ4n) is 3.27. The maximum absolute atomic E-state index is 11.3. The number of carboxylic acid groups (broad SMARTS) is 4. The van der Waals surface area contributed by atoms with Gasteiger partial charge in [0.05, 0.1) is 17.8 Å². The number of aliphatic carboxylic acids is 4. The van der Waals surface area contributed by atoms with Crippen LogP contribution in [-0.4, -0.2) is 93.7 Å². The van der Waals surface area contributed by atoms with Gasteiger partial charge in [-0.05, 0) is 13.8 Å². The second-order valence-corrected chi connectivity index (χ2v) is 16.5. The van der Waals surface area contributed by atoms with Crippen LogP contribution < -0.4 is 0 Å². The fourth-order valence-corrected chi connectivity index (χ4v) is 9.65. The van der Waals surface area contributed by atoms with Crippen LogP contribution in [0.25, 0.3) is 0 Å². The van der Waals surface area contributed by atoms with Gasteiger partial charge in [0.25, 0.3) is 0 Å². The zero-order valence-corrected chi connectivity index (χ0v) is 23.3. The maximum Gasteiger partial charge on any atom is 0.344 e. The van der Waals surface area contributed by atoms with Crippen LogP contribution in [-0.2, 0) is 37.4 Å². The van der Waals surface area contributed by atoms with E-state index < -0.39 is 87.7 Å². The first-order valence-corrected chi connectivity index (χ1v) is 16.1. The molecule has 0 bridgehead atoms. The predicted octanol–water partition coefficient (Wildman–Crippen LogP) is -1.04. The minimum Gasteiger partial charge on any atom is -0.481 e. The van der Waals surface area contributed by atoms with Gasteiger partial charge in [0, 0.05) is 0 Å². The van der Waals surface area contributed by atoms with E-state index in [1.807, 2.05) is 0 Å². The molecular formula is C14H28O20P4. The first-order valence-electron chi connectivity index (χ1n) is 9.47. The lowest BCUT2D eigenvalue weighted by Gasteiger charge is -2.37. The Morgan fingerprint density at radius 1 is 0.605 bits per heavy atom. The molecule has 38 heavy (non-hydrogen) atoms. The van der Waals surface area contributed by atoms with E-state index in [1.165, 1.54) is 0 Å². The molecule has 0 aliphatic heterocycles. The first-order chi connectivity index (χ1) is 16.3. The average Bonchev–Trinajstić information content (AvgIpc) is 2.62. The van der Waals surface area contributed by atoms with Gasteiger partial charge in [-0.1, -0.05) is 13.8 Å². The summed E-state index contributed by atoms with van der Waals surface area (Å²) in [6.07, 6.45) is 0. The second kappa shape index (κ2) is 12.3. The summed E-state index contributed by atoms with van der Waals surface area (Å²) in [5.41, 5.74) is -2.84. The third kappa shape index (κ3) is 8.24. The van der Waals surface area contributed by atoms with Crippen LogP contribution in [0.3, 0.4) is 0 Å². The molecule has 12 N–H and O–H groups in total. The van der Waals surface area contributed by atoms with Crippen molar-refractivity contribution in [2.75, 3.05) is 0 Å². The zero-order valence-electron chi connectivity index (χ0n) is 19.7. The SMILES string of the molecule is CC(C(=O)O)C(C(=O)O)C(C)(P(=O)(O)O)P(=O)(O)O.CC(C(=O)O)C(C)(C(=O)O)C(P(=O)(O)O)P(=O)(O)O. The van der Waals surface area contributed by atoms with E-state index in [0.717, 1.165) is 13.8 Å². The molecule has 224 valence electrons. The first kappa shape index (κ1) is 38.6. The van der Waals surface area contributed by atoms with Crippen LogP contribution in [0.2, 0.25) is 0 Å². The van der Waals surface area contributed by atoms with Crippen LogP contribution in [0.15, 0.2) is 0 Å². The Balaban J connectivity index is 0. The molecule has 0 aromatic rings. The van der Waals surface area contributed by atoms with Gasteiger partial charge in [0.2, 0.25) is 0 Å². The van der Waals surface area contributed by atoms with Gasteiger partial charge in [-0.25, -0.2) is 0 Å². The summed E-state index contributed by atoms with van der Waals surface area (Å²) in [4.78, 5) is 113. The van der Waals surface area contributed by atoms with Crippen molar-refractivity contribution in [2.45, 2.75) is 38.0 Å². The number of carboxylic acids is 4. The lowest BCUT2D eigenvalue weighted by Crippen LogP contribution is -2.47. The Morgan fingerprint density at radius 3 is 1.08 bits per heavy atom. The van der Waals surface area contributed by atoms with E-state index in [4.69, 9.17) is 59.6 Å². The standard InChI is InChI=1S/2C7H14O10P2/c1-3(4(8)9)7(2,5(10)11)6(18(12,13)14)19(15,16)17;1-3(5(8)9)4(6(10)11)7(2,18(12,13)14)19(15,16)17/h3,6H,1-2H3,(H,8,9)(H,10,11)(H2,12,13,14)(H2,15,16,17);3-4H,1-2H3,(H,8,9)(H,10,11)(H2,12,13,14)(H2,15,16,17). The zero-order chi connectivity index (χ0) is 31.6. The maximum atomic E-state index is 11.3. The van der Waals surface area contributed by atoms with Crippen LogP contribution in [0.1, 0.15) is 27.7 Å². The lowest BCUT2D eigenvalue weighted by atomic mass is 9.79. The molecule has 0 radical (unpaired) electrons. The molecule has 0 aromatic carbocycles. The third-order valence-corrected chi connectivity index (χ3v) is 14.5. The van der Waals surface area contributed by atoms with Gasteiger partial charge in [-0.3, -0.25) is 37.4 Å². The average molecular weight is 640 g/mol. The van der Waals surface area contributed by atoms with Gasteiger partial charge in [-0.15, -0.1) is 0 Å². The van der Waals surface area contributed by atoms with E-state index in [-0.39, 0.29) is 0 Å². The van der Waals surface area contributed by atoms with Crippen molar-refractivity contribution in [3.63, 3.8) is 0 Å². The van der Waals surface area contributed by atoms with Crippen molar-refractivity contribution < 1.29 is 97.0 Å². The molecule has 0 saturated carbocycles. The summed E-state index contributed by atoms with van der Waals surface area (Å²) < 4.78 is 45.0. The van der Waals surface area contributed by atoms with E-state index in [9.17, 15) is 37.4 Å². The molecule has 20 nitrogen and oxygen atoms in total. The molecule has 0 rings (SSSR count). The monoisotopic (exact) mass is 640 g/mol. The molecule has 24 heteroatoms. The second-order valence-electron chi connectivity index (χ2n) is 8.32. The Bertz CT molecular complexity index is 1080. The topological polar surface area (TPSA) is 379 Å². The summed E-state index contributed by atoms with van der Waals surface area (Å²) in [5, 5.41) is 32.5. The van der Waals surface area contributed by atoms with Crippen LogP contribution in [0.4, 0.5) is 0 Å². The van der Waals surface area contributed by atoms with Crippen molar-refractivity contribution in [1.82, 2.24) is 0 Å². The van der Waals surface area contributed by atoms with Crippen molar-refractivity contribution in [2.24, 2.45) is 23.2 Å². The number of hydrogen-bond donors (Lipinski definition) is 12. The highest BCUT2D eigenvalue weighted by molar-refractivity contribution is 7.72. The van der Waals surface area contributed by atoms with Gasteiger partial charge in [-0.2, -0.15) is 0 Å². The van der Waals surface area contributed by atoms with E-state index in [2.05, 4.69) is 0 Å². The highest BCUT2D eigenvalue weighted by Crippen LogP contribution is 2.73. The molecule has 0 amide bonds. The molecular weight excluding hydrogens is 612 g/mol. The number of hydrogen-bond acceptors (Lipinski definition) is 8. The van der Waals surface area contributed by atoms with Gasteiger partial charge in [0.15, 0.2) is 10.3 Å². The summed E-state index contributed by atoms with van der Waals surface area (Å²) in [6.45, 7) is 2.54. The molecule has 4 unspecified atom stereocenters. The van der Waals surface area contributed by atoms with Crippen LogP contribution in [0.5, 0.6) is 0 Å². The summed E-state index contributed by atoms with van der Waals surface area (Å²) in [5.74, 6) is -13.9. The smallest absolute Gasteiger partial charge is 0.344 e. The highest BCUT2D eigenvalue weighted by atomic mass is 31.2. The third-order valence-electron chi connectivity index (χ3n) is 5.83. The van der Waals surface area contributed by atoms with Gasteiger partial charge >= 0.3 is 54.3 Å². The fraction of sp³-hybridized carbons (Fsp3) is 0.714. The minimum atomic E-state index is -5.62. The Kier molecular flexibility index (Phi) is 12.5. The summed E-state index contributed by atoms with van der Waals surface area (Å²) in [7, 11) is -22.4. The number of rotatable bonds is 12. The molecule has 0 fully saturated rings. The number of carbonyl (C=O) groups is 4. The Hall–Kier alpha value is -1.52. The Morgan fingerprint density at radius 2 is 0.921 bits per heavy atom. The van der Waals surface area contributed by atoms with Gasteiger partial charge < -0.3 is 59.6 Å². The summed E-state index contributed by atoms with van der Waals surface area (Å²) in [6, 6.07) is 0. The lowest BCUT2D eigenvalue weighted by molar-refractivity contribution is -0.160. The van der Waals surface area contributed by atoms with Crippen molar-refractivity contribution >= 4 is 54.3 Å². The molecule has 0 heterocycles. The molecule has 4 atom stereocenters. The molecule has 0 aliphatic rings. The largest absolute Gasteiger partial charge is 0.481 e. The predicted molar refractivity (Wildman–Crippen MR) is 121 cm³/mol. The summed E-state index contributed by atoms with van der Waals surface area (Å²) >= 11 is 0. The van der Waals surface area contributed by atoms with E-state index in [1.54, 1.807) is 0 Å². The van der Waals surface area contributed by atoms with E-state index in [0.29, 0.717) is 13.8 Å². The molecule has 0 saturated heterocycles. The van der Waals surface area contributed by atoms with Crippen LogP contribution >= 0.6 is 30.4 Å². The van der Waals surface area contributed by atoms with E-state index >= 15 is 0 Å².